The summed E-state index contributed by atoms with van der Waals surface area (Å²) in [7, 11) is 1.67. The molecule has 1 N–H and O–H groups in total. The lowest BCUT2D eigenvalue weighted by Crippen LogP contribution is -2.60. The fourth-order valence-electron chi connectivity index (χ4n) is 5.21. The van der Waals surface area contributed by atoms with Gasteiger partial charge in [-0.3, -0.25) is 9.69 Å². The number of carbonyl (C=O) groups is 1. The average molecular weight is 494 g/mol. The normalized spacial score (nSPS) is 19.6. The van der Waals surface area contributed by atoms with Crippen LogP contribution in [-0.4, -0.2) is 43.6 Å². The number of fused-ring (bicyclic) bond motifs is 3. The number of ether oxygens (including phenoxy) is 1. The molecule has 1 amide bonds. The minimum atomic E-state index is -0.303. The molecule has 7 heteroatoms. The topological polar surface area (TPSA) is 44.8 Å². The van der Waals surface area contributed by atoms with Crippen molar-refractivity contribution in [3.8, 4) is 5.75 Å². The van der Waals surface area contributed by atoms with Crippen LogP contribution in [0.15, 0.2) is 66.7 Å². The Hall–Kier alpha value is -3.09. The van der Waals surface area contributed by atoms with Crippen molar-refractivity contribution < 1.29 is 13.9 Å². The summed E-state index contributed by atoms with van der Waals surface area (Å²) in [6.45, 7) is 3.45. The van der Waals surface area contributed by atoms with E-state index < -0.39 is 0 Å². The fraction of sp³-hybridized carbons (Fsp3) is 0.321. The van der Waals surface area contributed by atoms with Gasteiger partial charge in [-0.15, -0.1) is 0 Å². The van der Waals surface area contributed by atoms with Crippen molar-refractivity contribution in [3.05, 3.63) is 94.3 Å². The van der Waals surface area contributed by atoms with Crippen LogP contribution in [0.25, 0.3) is 0 Å². The number of benzene rings is 3. The summed E-state index contributed by atoms with van der Waals surface area (Å²) in [6, 6.07) is 20.6. The lowest BCUT2D eigenvalue weighted by Gasteiger charge is -2.49. The number of halogens is 2. The highest BCUT2D eigenvalue weighted by atomic mass is 35.5. The smallest absolute Gasteiger partial charge is 0.225 e. The van der Waals surface area contributed by atoms with Crippen LogP contribution in [0.3, 0.4) is 0 Å². The van der Waals surface area contributed by atoms with E-state index in [0.717, 1.165) is 48.2 Å². The molecule has 0 saturated carbocycles. The Morgan fingerprint density at radius 2 is 1.91 bits per heavy atom. The van der Waals surface area contributed by atoms with Gasteiger partial charge in [-0.25, -0.2) is 4.39 Å². The second kappa shape index (κ2) is 10.3. The summed E-state index contributed by atoms with van der Waals surface area (Å²) in [5, 5.41) is 3.73. The zero-order chi connectivity index (χ0) is 24.4. The van der Waals surface area contributed by atoms with Gasteiger partial charge in [0.05, 0.1) is 19.1 Å². The van der Waals surface area contributed by atoms with Crippen molar-refractivity contribution in [3.63, 3.8) is 0 Å². The fourth-order valence-corrected chi connectivity index (χ4v) is 5.34. The summed E-state index contributed by atoms with van der Waals surface area (Å²) in [4.78, 5) is 18.2. The molecule has 3 aromatic rings. The molecule has 2 aliphatic rings. The number of nitrogens with zero attached hydrogens (tertiary/aromatic N) is 2. The van der Waals surface area contributed by atoms with Crippen LogP contribution in [0.1, 0.15) is 16.7 Å². The van der Waals surface area contributed by atoms with Crippen LogP contribution >= 0.6 is 11.6 Å². The average Bonchev–Trinajstić information content (AvgIpc) is 2.88. The molecule has 35 heavy (non-hydrogen) atoms. The Kier molecular flexibility index (Phi) is 6.93. The van der Waals surface area contributed by atoms with Crippen LogP contribution < -0.4 is 15.0 Å². The minimum absolute atomic E-state index is 0.0104. The summed E-state index contributed by atoms with van der Waals surface area (Å²) < 4.78 is 19.6. The number of hydrogen-bond donors (Lipinski definition) is 1. The van der Waals surface area contributed by atoms with E-state index in [0.29, 0.717) is 12.0 Å². The van der Waals surface area contributed by atoms with Crippen LogP contribution in [0.5, 0.6) is 5.75 Å². The van der Waals surface area contributed by atoms with Gasteiger partial charge in [-0.05, 0) is 41.8 Å². The van der Waals surface area contributed by atoms with Gasteiger partial charge >= 0.3 is 0 Å². The molecule has 2 atom stereocenters. The summed E-state index contributed by atoms with van der Waals surface area (Å²) in [5.74, 6) is 0.226. The standard InChI is InChI=1S/C28H29ClFN3O2/c1-35-23-11-8-20-14-24(28(34)31-16-21-4-2-3-5-25(21)30)27-18-32(12-13-33(27)26(20)15-23)17-19-6-9-22(29)10-7-19/h2-11,15,24,27H,12-14,16-18H2,1H3,(H,31,34)/t24-,27-/m1/s1. The quantitative estimate of drug-likeness (QED) is 0.542. The highest BCUT2D eigenvalue weighted by Crippen LogP contribution is 2.38. The SMILES string of the molecule is COc1ccc2c(c1)N1CCN(Cc3ccc(Cl)cc3)C[C@@H]1[C@H](C(=O)NCc1ccccc1F)C2. The molecule has 0 bridgehead atoms. The van der Waals surface area contributed by atoms with E-state index in [1.807, 2.05) is 30.3 Å². The van der Waals surface area contributed by atoms with Crippen LogP contribution in [-0.2, 0) is 24.3 Å². The Morgan fingerprint density at radius 3 is 2.69 bits per heavy atom. The van der Waals surface area contributed by atoms with E-state index >= 15 is 0 Å². The van der Waals surface area contributed by atoms with E-state index in [1.165, 1.54) is 11.6 Å². The molecule has 5 rings (SSSR count). The molecule has 0 spiro atoms. The van der Waals surface area contributed by atoms with Crippen molar-refractivity contribution >= 4 is 23.2 Å². The molecule has 182 valence electrons. The van der Waals surface area contributed by atoms with Crippen molar-refractivity contribution in [2.24, 2.45) is 5.92 Å². The summed E-state index contributed by atoms with van der Waals surface area (Å²) in [6.07, 6.45) is 0.637. The first-order valence-electron chi connectivity index (χ1n) is 11.9. The monoisotopic (exact) mass is 493 g/mol. The number of methoxy groups -OCH3 is 1. The first-order chi connectivity index (χ1) is 17.0. The third-order valence-corrected chi connectivity index (χ3v) is 7.33. The number of amides is 1. The molecule has 2 aliphatic heterocycles. The van der Waals surface area contributed by atoms with Gasteiger partial charge in [0.15, 0.2) is 0 Å². The second-order valence-electron chi connectivity index (χ2n) is 9.24. The third kappa shape index (κ3) is 5.14. The van der Waals surface area contributed by atoms with Crippen molar-refractivity contribution in [1.82, 2.24) is 10.2 Å². The van der Waals surface area contributed by atoms with Gasteiger partial charge in [0.25, 0.3) is 0 Å². The highest BCUT2D eigenvalue weighted by molar-refractivity contribution is 6.30. The first-order valence-corrected chi connectivity index (χ1v) is 12.3. The number of hydrogen-bond acceptors (Lipinski definition) is 4. The predicted octanol–water partition coefficient (Wildman–Crippen LogP) is 4.67. The van der Waals surface area contributed by atoms with Crippen molar-refractivity contribution in [2.45, 2.75) is 25.6 Å². The molecule has 1 fully saturated rings. The number of nitrogens with one attached hydrogen (secondary N) is 1. The Balaban J connectivity index is 1.38. The Bertz CT molecular complexity index is 1200. The van der Waals surface area contributed by atoms with Crippen LogP contribution in [0.4, 0.5) is 10.1 Å². The van der Waals surface area contributed by atoms with E-state index in [1.54, 1.807) is 25.3 Å². The molecular formula is C28H29ClFN3O2. The molecule has 5 nitrogen and oxygen atoms in total. The Morgan fingerprint density at radius 1 is 1.11 bits per heavy atom. The molecule has 2 heterocycles. The molecule has 1 saturated heterocycles. The van der Waals surface area contributed by atoms with Gasteiger partial charge in [-0.1, -0.05) is 48.0 Å². The van der Waals surface area contributed by atoms with Crippen LogP contribution in [0, 0.1) is 11.7 Å². The zero-order valence-electron chi connectivity index (χ0n) is 19.7. The summed E-state index contributed by atoms with van der Waals surface area (Å²) >= 11 is 6.06. The predicted molar refractivity (Wildman–Crippen MR) is 136 cm³/mol. The Labute approximate surface area is 210 Å². The van der Waals surface area contributed by atoms with Gasteiger partial charge in [0.1, 0.15) is 11.6 Å². The summed E-state index contributed by atoms with van der Waals surface area (Å²) in [5.41, 5.74) is 3.96. The van der Waals surface area contributed by atoms with Gasteiger partial charge in [-0.2, -0.15) is 0 Å². The molecule has 0 radical (unpaired) electrons. The van der Waals surface area contributed by atoms with Gasteiger partial charge in [0.2, 0.25) is 5.91 Å². The van der Waals surface area contributed by atoms with Crippen molar-refractivity contribution in [1.29, 1.82) is 0 Å². The minimum Gasteiger partial charge on any atom is -0.497 e. The van der Waals surface area contributed by atoms with E-state index in [2.05, 4.69) is 27.2 Å². The third-order valence-electron chi connectivity index (χ3n) is 7.08. The number of anilines is 1. The van der Waals surface area contributed by atoms with E-state index in [-0.39, 0.29) is 30.2 Å². The first kappa shape index (κ1) is 23.6. The molecule has 0 aromatic heterocycles. The lowest BCUT2D eigenvalue weighted by molar-refractivity contribution is -0.126. The lowest BCUT2D eigenvalue weighted by atomic mass is 9.83. The number of carbonyl (C=O) groups excluding carboxylic acids is 1. The molecular weight excluding hydrogens is 465 g/mol. The maximum atomic E-state index is 14.1. The molecule has 3 aromatic carbocycles. The van der Waals surface area contributed by atoms with E-state index in [4.69, 9.17) is 16.3 Å². The maximum Gasteiger partial charge on any atom is 0.225 e. The second-order valence-corrected chi connectivity index (χ2v) is 9.67. The molecule has 0 unspecified atom stereocenters. The molecule has 0 aliphatic carbocycles. The zero-order valence-corrected chi connectivity index (χ0v) is 20.5. The van der Waals surface area contributed by atoms with Crippen LogP contribution in [0.2, 0.25) is 5.02 Å². The largest absolute Gasteiger partial charge is 0.497 e. The number of rotatable bonds is 6. The maximum absolute atomic E-state index is 14.1. The van der Waals surface area contributed by atoms with E-state index in [9.17, 15) is 9.18 Å². The highest BCUT2D eigenvalue weighted by Gasteiger charge is 2.41. The number of piperazine rings is 1. The van der Waals surface area contributed by atoms with Gasteiger partial charge in [0, 0.05) is 55.1 Å². The van der Waals surface area contributed by atoms with Crippen molar-refractivity contribution in [2.75, 3.05) is 31.6 Å². The van der Waals surface area contributed by atoms with Gasteiger partial charge < -0.3 is 15.0 Å².